The second kappa shape index (κ2) is 6.47. The van der Waals surface area contributed by atoms with Crippen LogP contribution in [0.4, 0.5) is 4.79 Å². The largest absolute Gasteiger partial charge is 0.481 e. The van der Waals surface area contributed by atoms with Gasteiger partial charge in [0.05, 0.1) is 5.92 Å². The number of urea groups is 1. The Bertz CT molecular complexity index is 281. The number of likely N-dealkylation sites (tertiary alicyclic amines) is 1. The summed E-state index contributed by atoms with van der Waals surface area (Å²) < 4.78 is 0. The lowest BCUT2D eigenvalue weighted by Gasteiger charge is -2.18. The fraction of sp³-hybridized carbons (Fsp3) is 0.833. The van der Waals surface area contributed by atoms with E-state index in [9.17, 15) is 9.59 Å². The van der Waals surface area contributed by atoms with Crippen molar-refractivity contribution >= 4 is 12.0 Å². The summed E-state index contributed by atoms with van der Waals surface area (Å²) in [5.74, 6) is -0.800. The predicted molar refractivity (Wildman–Crippen MR) is 64.8 cm³/mol. The number of carboxylic acid groups (broad SMARTS) is 1. The average molecular weight is 242 g/mol. The Labute approximate surface area is 102 Å². The summed E-state index contributed by atoms with van der Waals surface area (Å²) in [4.78, 5) is 24.1. The molecule has 1 aliphatic rings. The second-order valence-corrected chi connectivity index (χ2v) is 4.81. The molecule has 0 radical (unpaired) electrons. The standard InChI is InChI=1S/C12H22N2O3/c1-3-4-10-5-6-14(8-10)12(17)13-7-9(2)11(15)16/h9-10H,3-8H2,1-2H3,(H,13,17)(H,15,16). The molecule has 0 aromatic rings. The van der Waals surface area contributed by atoms with Gasteiger partial charge in [0, 0.05) is 19.6 Å². The van der Waals surface area contributed by atoms with Crippen LogP contribution in [0.15, 0.2) is 0 Å². The third-order valence-corrected chi connectivity index (χ3v) is 3.25. The number of aliphatic carboxylic acids is 1. The van der Waals surface area contributed by atoms with E-state index in [4.69, 9.17) is 5.11 Å². The summed E-state index contributed by atoms with van der Waals surface area (Å²) in [6, 6.07) is -0.128. The van der Waals surface area contributed by atoms with Crippen molar-refractivity contribution in [3.63, 3.8) is 0 Å². The van der Waals surface area contributed by atoms with E-state index in [2.05, 4.69) is 12.2 Å². The van der Waals surface area contributed by atoms with Crippen molar-refractivity contribution in [1.29, 1.82) is 0 Å². The van der Waals surface area contributed by atoms with Gasteiger partial charge in [0.2, 0.25) is 0 Å². The minimum Gasteiger partial charge on any atom is -0.481 e. The first-order valence-electron chi connectivity index (χ1n) is 6.30. The van der Waals surface area contributed by atoms with Gasteiger partial charge in [0.25, 0.3) is 0 Å². The Kier molecular flexibility index (Phi) is 5.25. The van der Waals surface area contributed by atoms with E-state index in [0.717, 1.165) is 32.4 Å². The molecule has 0 aliphatic carbocycles. The minimum atomic E-state index is -0.879. The SMILES string of the molecule is CCCC1CCN(C(=O)NCC(C)C(=O)O)C1. The lowest BCUT2D eigenvalue weighted by molar-refractivity contribution is -0.140. The van der Waals surface area contributed by atoms with Gasteiger partial charge in [0.15, 0.2) is 0 Å². The molecule has 2 atom stereocenters. The zero-order valence-electron chi connectivity index (χ0n) is 10.6. The van der Waals surface area contributed by atoms with E-state index >= 15 is 0 Å². The van der Waals surface area contributed by atoms with Gasteiger partial charge in [0.1, 0.15) is 0 Å². The molecular weight excluding hydrogens is 220 g/mol. The number of hydrogen-bond acceptors (Lipinski definition) is 2. The molecule has 1 saturated heterocycles. The van der Waals surface area contributed by atoms with E-state index in [0.29, 0.717) is 5.92 Å². The summed E-state index contributed by atoms with van der Waals surface area (Å²) >= 11 is 0. The molecule has 17 heavy (non-hydrogen) atoms. The Balaban J connectivity index is 2.27. The average Bonchev–Trinajstić information content (AvgIpc) is 2.74. The maximum absolute atomic E-state index is 11.7. The molecule has 5 nitrogen and oxygen atoms in total. The molecule has 1 aliphatic heterocycles. The van der Waals surface area contributed by atoms with Crippen molar-refractivity contribution in [2.45, 2.75) is 33.1 Å². The van der Waals surface area contributed by atoms with Gasteiger partial charge in [-0.2, -0.15) is 0 Å². The molecule has 1 fully saturated rings. The van der Waals surface area contributed by atoms with Crippen LogP contribution in [-0.2, 0) is 4.79 Å². The van der Waals surface area contributed by atoms with Crippen LogP contribution in [0, 0.1) is 11.8 Å². The highest BCUT2D eigenvalue weighted by Gasteiger charge is 2.25. The van der Waals surface area contributed by atoms with Gasteiger partial charge in [-0.3, -0.25) is 4.79 Å². The van der Waals surface area contributed by atoms with Gasteiger partial charge in [-0.1, -0.05) is 20.3 Å². The molecular formula is C12H22N2O3. The van der Waals surface area contributed by atoms with Gasteiger partial charge >= 0.3 is 12.0 Å². The van der Waals surface area contributed by atoms with Gasteiger partial charge in [-0.15, -0.1) is 0 Å². The fourth-order valence-corrected chi connectivity index (χ4v) is 2.10. The van der Waals surface area contributed by atoms with Crippen molar-refractivity contribution in [3.05, 3.63) is 0 Å². The van der Waals surface area contributed by atoms with E-state index < -0.39 is 11.9 Å². The van der Waals surface area contributed by atoms with E-state index in [-0.39, 0.29) is 12.6 Å². The van der Waals surface area contributed by atoms with Crippen LogP contribution in [0.3, 0.4) is 0 Å². The molecule has 1 heterocycles. The summed E-state index contributed by atoms with van der Waals surface area (Å²) in [6.45, 7) is 5.53. The summed E-state index contributed by atoms with van der Waals surface area (Å²) in [6.07, 6.45) is 3.38. The van der Waals surface area contributed by atoms with Gasteiger partial charge < -0.3 is 15.3 Å². The first-order chi connectivity index (χ1) is 8.04. The predicted octanol–water partition coefficient (Wildman–Crippen LogP) is 1.54. The van der Waals surface area contributed by atoms with Crippen molar-refractivity contribution in [2.24, 2.45) is 11.8 Å². The van der Waals surface area contributed by atoms with Crippen LogP contribution in [0.1, 0.15) is 33.1 Å². The van der Waals surface area contributed by atoms with Crippen LogP contribution >= 0.6 is 0 Å². The topological polar surface area (TPSA) is 69.6 Å². The molecule has 98 valence electrons. The molecule has 2 unspecified atom stereocenters. The highest BCUT2D eigenvalue weighted by atomic mass is 16.4. The fourth-order valence-electron chi connectivity index (χ4n) is 2.10. The number of carboxylic acids is 1. The minimum absolute atomic E-state index is 0.128. The highest BCUT2D eigenvalue weighted by Crippen LogP contribution is 2.20. The van der Waals surface area contributed by atoms with Crippen LogP contribution in [0.25, 0.3) is 0 Å². The van der Waals surface area contributed by atoms with Crippen molar-refractivity contribution in [1.82, 2.24) is 10.2 Å². The van der Waals surface area contributed by atoms with Crippen LogP contribution in [0.5, 0.6) is 0 Å². The number of nitrogens with zero attached hydrogens (tertiary/aromatic N) is 1. The van der Waals surface area contributed by atoms with Crippen molar-refractivity contribution in [2.75, 3.05) is 19.6 Å². The van der Waals surface area contributed by atoms with Gasteiger partial charge in [-0.05, 0) is 18.8 Å². The zero-order valence-corrected chi connectivity index (χ0v) is 10.6. The Hall–Kier alpha value is -1.26. The number of hydrogen-bond donors (Lipinski definition) is 2. The molecule has 0 aromatic heterocycles. The van der Waals surface area contributed by atoms with Crippen LogP contribution < -0.4 is 5.32 Å². The van der Waals surface area contributed by atoms with Crippen molar-refractivity contribution < 1.29 is 14.7 Å². The monoisotopic (exact) mass is 242 g/mol. The summed E-state index contributed by atoms with van der Waals surface area (Å²) in [5.41, 5.74) is 0. The van der Waals surface area contributed by atoms with E-state index in [1.165, 1.54) is 0 Å². The molecule has 2 N–H and O–H groups in total. The number of carbonyl (C=O) groups excluding carboxylic acids is 1. The smallest absolute Gasteiger partial charge is 0.317 e. The Morgan fingerprint density at radius 2 is 2.24 bits per heavy atom. The van der Waals surface area contributed by atoms with Crippen LogP contribution in [-0.4, -0.2) is 41.6 Å². The molecule has 0 spiro atoms. The van der Waals surface area contributed by atoms with E-state index in [1.54, 1.807) is 11.8 Å². The molecule has 0 saturated carbocycles. The third kappa shape index (κ3) is 4.24. The maximum Gasteiger partial charge on any atom is 0.317 e. The maximum atomic E-state index is 11.7. The molecule has 0 aromatic carbocycles. The molecule has 1 rings (SSSR count). The normalized spacial score (nSPS) is 21.3. The highest BCUT2D eigenvalue weighted by molar-refractivity contribution is 5.76. The Morgan fingerprint density at radius 3 is 2.82 bits per heavy atom. The zero-order chi connectivity index (χ0) is 12.8. The molecule has 2 amide bonds. The number of nitrogens with one attached hydrogen (secondary N) is 1. The molecule has 5 heteroatoms. The van der Waals surface area contributed by atoms with Crippen LogP contribution in [0.2, 0.25) is 0 Å². The summed E-state index contributed by atoms with van der Waals surface area (Å²) in [5, 5.41) is 11.4. The number of rotatable bonds is 5. The first-order valence-corrected chi connectivity index (χ1v) is 6.30. The Morgan fingerprint density at radius 1 is 1.53 bits per heavy atom. The quantitative estimate of drug-likeness (QED) is 0.768. The second-order valence-electron chi connectivity index (χ2n) is 4.81. The third-order valence-electron chi connectivity index (χ3n) is 3.25. The lowest BCUT2D eigenvalue weighted by Crippen LogP contribution is -2.41. The van der Waals surface area contributed by atoms with Gasteiger partial charge in [-0.25, -0.2) is 4.79 Å². The first kappa shape index (κ1) is 13.8. The number of amides is 2. The van der Waals surface area contributed by atoms with Crippen molar-refractivity contribution in [3.8, 4) is 0 Å². The lowest BCUT2D eigenvalue weighted by atomic mass is 10.0. The number of carbonyl (C=O) groups is 2. The molecule has 0 bridgehead atoms. The van der Waals surface area contributed by atoms with E-state index in [1.807, 2.05) is 0 Å². The summed E-state index contributed by atoms with van der Waals surface area (Å²) in [7, 11) is 0.